The molecule has 0 saturated carbocycles. The van der Waals surface area contributed by atoms with Crippen molar-refractivity contribution in [3.05, 3.63) is 0 Å². The standard InChI is InChI=1S/B3H3N3/c1-4-2-6-3-5-1/h4-6H/i4D. The lowest BCUT2D eigenvalue weighted by atomic mass is 9.85. The molecule has 1 heterocycles. The van der Waals surface area contributed by atoms with Crippen LogP contribution in [0.15, 0.2) is 0 Å². The van der Waals surface area contributed by atoms with Gasteiger partial charge in [-0.1, -0.05) is 0 Å². The third kappa shape index (κ3) is 1.04. The van der Waals surface area contributed by atoms with Gasteiger partial charge in [0, 0.05) is 0 Å². The zero-order valence-electron chi connectivity index (χ0n) is 4.18. The van der Waals surface area contributed by atoms with Crippen molar-refractivity contribution in [1.82, 2.24) is 15.4 Å². The highest BCUT2D eigenvalue weighted by Crippen LogP contribution is 1.46. The summed E-state index contributed by atoms with van der Waals surface area (Å²) in [7, 11) is 4.65. The van der Waals surface area contributed by atoms with Crippen LogP contribution in [0.3, 0.4) is 0 Å². The van der Waals surface area contributed by atoms with Crippen molar-refractivity contribution in [3.63, 3.8) is 0 Å². The summed E-state index contributed by atoms with van der Waals surface area (Å²) < 4.78 is 6.85. The maximum atomic E-state index is 6.85. The van der Waals surface area contributed by atoms with Gasteiger partial charge in [0.2, 0.25) is 0 Å². The minimum Gasteiger partial charge on any atom is -0.379 e. The number of rotatable bonds is 0. The summed E-state index contributed by atoms with van der Waals surface area (Å²) in [6, 6.07) is 0. The van der Waals surface area contributed by atoms with Gasteiger partial charge in [0.15, 0.2) is 0 Å². The predicted octanol–water partition coefficient (Wildman–Crippen LogP) is -2.63. The van der Waals surface area contributed by atoms with Crippen molar-refractivity contribution < 1.29 is 1.41 Å². The molecule has 3 radical (unpaired) electrons. The lowest BCUT2D eigenvalue weighted by molar-refractivity contribution is 1.28. The molecule has 0 unspecified atom stereocenters. The Balaban J connectivity index is 2.12. The number of hydrogen-bond donors (Lipinski definition) is 3. The van der Waals surface area contributed by atoms with Gasteiger partial charge >= 0.3 is 0 Å². The average molecular weight is 78.5 g/mol. The van der Waals surface area contributed by atoms with E-state index in [4.69, 9.17) is 1.41 Å². The minimum atomic E-state index is 1.14. The summed E-state index contributed by atoms with van der Waals surface area (Å²) >= 11 is 0. The van der Waals surface area contributed by atoms with Crippen molar-refractivity contribution >= 4 is 22.6 Å². The fourth-order valence-electron chi connectivity index (χ4n) is 0.246. The largest absolute Gasteiger partial charge is 0.379 e. The van der Waals surface area contributed by atoms with Gasteiger partial charge in [0.05, 0.1) is 1.41 Å². The SMILES string of the molecule is [2H]N1[B]N[B]N[B]1. The third-order valence-corrected chi connectivity index (χ3v) is 0.465. The Morgan fingerprint density at radius 1 is 1.17 bits per heavy atom. The number of hydrogen-bond acceptors (Lipinski definition) is 3. The molecule has 0 aromatic rings. The molecule has 0 amide bonds. The molecular weight excluding hydrogens is 74.5 g/mol. The first-order valence-corrected chi connectivity index (χ1v) is 1.67. The molecule has 0 aromatic carbocycles. The first kappa shape index (κ1) is 3.13. The molecule has 0 bridgehead atoms. The molecule has 3 N–H and O–H groups in total. The lowest BCUT2D eigenvalue weighted by Gasteiger charge is -2.07. The molecule has 1 saturated heterocycles. The van der Waals surface area contributed by atoms with E-state index in [1.807, 2.05) is 0 Å². The van der Waals surface area contributed by atoms with E-state index in [9.17, 15) is 0 Å². The Labute approximate surface area is 40.6 Å². The lowest BCUT2D eigenvalue weighted by Crippen LogP contribution is -2.55. The first-order chi connectivity index (χ1) is 3.39. The topological polar surface area (TPSA) is 36.1 Å². The van der Waals surface area contributed by atoms with E-state index in [1.54, 1.807) is 7.55 Å². The van der Waals surface area contributed by atoms with Gasteiger partial charge in [0.25, 0.3) is 22.6 Å². The van der Waals surface area contributed by atoms with E-state index in [-0.39, 0.29) is 0 Å². The molecule has 1 rings (SSSR count). The van der Waals surface area contributed by atoms with E-state index in [0.717, 1.165) is 5.13 Å². The Morgan fingerprint density at radius 2 is 1.83 bits per heavy atom. The summed E-state index contributed by atoms with van der Waals surface area (Å²) in [6.07, 6.45) is 0. The fraction of sp³-hybridized carbons (Fsp3) is 0. The Bertz CT molecular complexity index is 52.1. The highest BCUT2D eigenvalue weighted by atomic mass is 15.0. The Hall–Kier alpha value is 0.0748. The Morgan fingerprint density at radius 3 is 2.17 bits per heavy atom. The van der Waals surface area contributed by atoms with Crippen molar-refractivity contribution in [2.75, 3.05) is 0 Å². The first-order valence-electron chi connectivity index (χ1n) is 2.12. The van der Waals surface area contributed by atoms with Gasteiger partial charge in [-0.3, -0.25) is 0 Å². The summed E-state index contributed by atoms with van der Waals surface area (Å²) in [5.41, 5.74) is 0. The zero-order valence-corrected chi connectivity index (χ0v) is 3.18. The highest BCUT2D eigenvalue weighted by molar-refractivity contribution is 6.65. The van der Waals surface area contributed by atoms with Crippen LogP contribution in [0.2, 0.25) is 1.41 Å². The van der Waals surface area contributed by atoms with Gasteiger partial charge in [0.1, 0.15) is 0 Å². The van der Waals surface area contributed by atoms with E-state index in [0.29, 0.717) is 0 Å². The number of nitrogens with one attached hydrogen (secondary N) is 3. The van der Waals surface area contributed by atoms with Gasteiger partial charge in [-0.2, -0.15) is 0 Å². The van der Waals surface area contributed by atoms with E-state index >= 15 is 0 Å². The van der Waals surface area contributed by atoms with Gasteiger partial charge in [-0.15, -0.1) is 0 Å². The molecule has 6 heavy (non-hydrogen) atoms. The van der Waals surface area contributed by atoms with Crippen LogP contribution in [0.5, 0.6) is 0 Å². The van der Waals surface area contributed by atoms with Gasteiger partial charge in [-0.05, 0) is 0 Å². The van der Waals surface area contributed by atoms with E-state index < -0.39 is 0 Å². The van der Waals surface area contributed by atoms with Crippen molar-refractivity contribution in [1.29, 1.82) is 0 Å². The van der Waals surface area contributed by atoms with Crippen LogP contribution in [0.25, 0.3) is 0 Å². The van der Waals surface area contributed by atoms with Gasteiger partial charge < -0.3 is 15.4 Å². The second kappa shape index (κ2) is 2.28. The minimum absolute atomic E-state index is 1.14. The molecule has 3 nitrogen and oxygen atoms in total. The third-order valence-electron chi connectivity index (χ3n) is 0.465. The molecule has 1 fully saturated rings. The summed E-state index contributed by atoms with van der Waals surface area (Å²) in [5, 5.41) is 6.50. The van der Waals surface area contributed by atoms with Crippen LogP contribution < -0.4 is 15.4 Å². The van der Waals surface area contributed by atoms with Crippen LogP contribution >= 0.6 is 0 Å². The zero-order chi connectivity index (χ0) is 5.11. The predicted molar refractivity (Wildman–Crippen MR) is 26.7 cm³/mol. The monoisotopic (exact) mass is 79.1 g/mol. The second-order valence-corrected chi connectivity index (χ2v) is 0.885. The molecule has 0 spiro atoms. The van der Waals surface area contributed by atoms with Gasteiger partial charge in [-0.25, -0.2) is 0 Å². The smallest absolute Gasteiger partial charge is 0.284 e. The fourth-order valence-corrected chi connectivity index (χ4v) is 0.246. The highest BCUT2D eigenvalue weighted by Gasteiger charge is 1.98. The van der Waals surface area contributed by atoms with Crippen molar-refractivity contribution in [2.45, 2.75) is 0 Å². The van der Waals surface area contributed by atoms with Crippen LogP contribution in [0.4, 0.5) is 0 Å². The molecule has 0 aromatic heterocycles. The molecule has 0 atom stereocenters. The van der Waals surface area contributed by atoms with Crippen LogP contribution in [0.1, 0.15) is 0 Å². The van der Waals surface area contributed by atoms with Crippen molar-refractivity contribution in [3.8, 4) is 0 Å². The molecule has 6 heteroatoms. The van der Waals surface area contributed by atoms with Crippen LogP contribution in [-0.2, 0) is 0 Å². The van der Waals surface area contributed by atoms with Crippen molar-refractivity contribution in [2.24, 2.45) is 0 Å². The maximum absolute atomic E-state index is 6.85. The summed E-state index contributed by atoms with van der Waals surface area (Å²) in [5.74, 6) is 0. The van der Waals surface area contributed by atoms with E-state index in [2.05, 4.69) is 10.3 Å². The van der Waals surface area contributed by atoms with Crippen LogP contribution in [0, 0.1) is 0 Å². The average Bonchev–Trinajstić information content (AvgIpc) is 1.69. The molecular formula is H3B3N3. The summed E-state index contributed by atoms with van der Waals surface area (Å²) in [6.45, 7) is 0. The second-order valence-electron chi connectivity index (χ2n) is 0.885. The maximum Gasteiger partial charge on any atom is 0.284 e. The Kier molecular flexibility index (Phi) is 1.19. The molecule has 1 aliphatic rings. The normalized spacial score (nSPS) is 25.7. The van der Waals surface area contributed by atoms with Crippen LogP contribution in [-0.4, -0.2) is 22.6 Å². The molecule has 1 aliphatic heterocycles. The van der Waals surface area contributed by atoms with E-state index in [1.165, 1.54) is 15.1 Å². The molecule has 27 valence electrons. The quantitative estimate of drug-likeness (QED) is 0.278. The summed E-state index contributed by atoms with van der Waals surface area (Å²) in [4.78, 5) is 0. The molecule has 0 aliphatic carbocycles.